The van der Waals surface area contributed by atoms with Gasteiger partial charge < -0.3 is 0 Å². The quantitative estimate of drug-likeness (QED) is 0.457. The maximum atomic E-state index is 4.25. The van der Waals surface area contributed by atoms with Crippen LogP contribution in [0.2, 0.25) is 0 Å². The van der Waals surface area contributed by atoms with E-state index in [1.54, 1.807) is 0 Å². The Labute approximate surface area is 97.4 Å². The minimum Gasteiger partial charge on any atom is -0.143 e. The molecule has 0 atom stereocenters. The van der Waals surface area contributed by atoms with Gasteiger partial charge in [0.1, 0.15) is 0 Å². The van der Waals surface area contributed by atoms with Crippen LogP contribution in [0.1, 0.15) is 11.1 Å². The summed E-state index contributed by atoms with van der Waals surface area (Å²) in [7, 11) is 0. The largest absolute Gasteiger partial charge is 0.143 e. The molecule has 0 fully saturated rings. The zero-order chi connectivity index (χ0) is 6.85. The van der Waals surface area contributed by atoms with Crippen LogP contribution in [0.4, 0.5) is 0 Å². The van der Waals surface area contributed by atoms with Crippen LogP contribution in [-0.2, 0) is 0 Å². The molecule has 0 nitrogen and oxygen atoms in total. The Kier molecular flexibility index (Phi) is 5.04. The summed E-state index contributed by atoms with van der Waals surface area (Å²) in [6, 6.07) is 6.21. The Hall–Kier alpha value is 0.830. The van der Waals surface area contributed by atoms with E-state index in [-0.39, 0.29) is 37.7 Å². The van der Waals surface area contributed by atoms with Crippen LogP contribution in [0.5, 0.6) is 0 Å². The van der Waals surface area contributed by atoms with Crippen molar-refractivity contribution in [3.05, 3.63) is 29.3 Å². The number of benzene rings is 1. The molecule has 0 bridgehead atoms. The Morgan fingerprint density at radius 3 is 2.20 bits per heavy atom. The van der Waals surface area contributed by atoms with Crippen LogP contribution in [0.3, 0.4) is 0 Å². The van der Waals surface area contributed by atoms with Crippen LogP contribution < -0.4 is 0 Å². The van der Waals surface area contributed by atoms with Crippen LogP contribution in [0.25, 0.3) is 0 Å². The van der Waals surface area contributed by atoms with Gasteiger partial charge in [0.2, 0.25) is 0 Å². The van der Waals surface area contributed by atoms with Crippen LogP contribution in [0.15, 0.2) is 23.1 Å². The zero-order valence-corrected chi connectivity index (χ0v) is 9.49. The molecule has 0 saturated carbocycles. The number of hydrogen-bond donors (Lipinski definition) is 1. The first kappa shape index (κ1) is 10.8. The average molecular weight is 178 g/mol. The van der Waals surface area contributed by atoms with Gasteiger partial charge in [-0.1, -0.05) is 17.7 Å². The minimum absolute atomic E-state index is 0. The molecular weight excluding hydrogens is 168 g/mol. The van der Waals surface area contributed by atoms with Gasteiger partial charge in [-0.05, 0) is 25.5 Å². The molecule has 1 aromatic carbocycles. The smallest absolute Gasteiger partial charge is 0.00694 e. The normalized spacial score (nSPS) is 8.70. The summed E-state index contributed by atoms with van der Waals surface area (Å²) in [4.78, 5) is 1.07. The second-order valence-corrected chi connectivity index (χ2v) is 2.77. The van der Waals surface area contributed by atoms with E-state index >= 15 is 0 Å². The molecule has 0 N–H and O–H groups in total. The van der Waals surface area contributed by atoms with Gasteiger partial charge in [-0.2, -0.15) is 0 Å². The van der Waals surface area contributed by atoms with Crippen molar-refractivity contribution >= 4 is 50.4 Å². The Morgan fingerprint density at radius 1 is 1.20 bits per heavy atom. The van der Waals surface area contributed by atoms with E-state index in [1.807, 2.05) is 6.07 Å². The summed E-state index contributed by atoms with van der Waals surface area (Å²) in [5.41, 5.74) is 2.55. The molecule has 0 aliphatic carbocycles. The van der Waals surface area contributed by atoms with Gasteiger partial charge in [-0.3, -0.25) is 0 Å². The van der Waals surface area contributed by atoms with Crippen LogP contribution in [0, 0.1) is 13.8 Å². The fourth-order valence-corrected chi connectivity index (χ4v) is 0.944. The van der Waals surface area contributed by atoms with Crippen molar-refractivity contribution in [3.63, 3.8) is 0 Å². The van der Waals surface area contributed by atoms with E-state index in [0.717, 1.165) is 4.90 Å². The fourth-order valence-electron chi connectivity index (χ4n) is 0.805. The summed E-state index contributed by atoms with van der Waals surface area (Å²) >= 11 is 4.25. The van der Waals surface area contributed by atoms with E-state index < -0.39 is 0 Å². The molecule has 1 aromatic rings. The molecule has 0 amide bonds. The van der Waals surface area contributed by atoms with Crippen molar-refractivity contribution in [1.29, 1.82) is 0 Å². The molecule has 50 valence electrons. The Morgan fingerprint density at radius 2 is 1.80 bits per heavy atom. The van der Waals surface area contributed by atoms with E-state index in [9.17, 15) is 0 Å². The monoisotopic (exact) mass is 178 g/mol. The van der Waals surface area contributed by atoms with Gasteiger partial charge in [0.25, 0.3) is 0 Å². The summed E-state index contributed by atoms with van der Waals surface area (Å²) in [6.07, 6.45) is 0. The molecule has 2 radical (unpaired) electrons. The van der Waals surface area contributed by atoms with E-state index in [0.29, 0.717) is 0 Å². The van der Waals surface area contributed by atoms with Gasteiger partial charge in [0.05, 0.1) is 0 Å². The molecule has 0 aliphatic rings. The van der Waals surface area contributed by atoms with Crippen molar-refractivity contribution in [2.45, 2.75) is 18.7 Å². The summed E-state index contributed by atoms with van der Waals surface area (Å²) in [5.74, 6) is 0. The molecular formula is C8H10CaS. The van der Waals surface area contributed by atoms with Gasteiger partial charge in [0, 0.05) is 42.6 Å². The van der Waals surface area contributed by atoms with Crippen molar-refractivity contribution in [1.82, 2.24) is 0 Å². The Balaban J connectivity index is 0.000000810. The molecule has 0 aliphatic heterocycles. The maximum Gasteiger partial charge on any atom is 0.00694 e. The van der Waals surface area contributed by atoms with Crippen molar-refractivity contribution in [3.8, 4) is 0 Å². The van der Waals surface area contributed by atoms with Crippen molar-refractivity contribution in [2.24, 2.45) is 0 Å². The molecule has 0 aromatic heterocycles. The van der Waals surface area contributed by atoms with Crippen LogP contribution >= 0.6 is 12.6 Å². The number of aryl methyl sites for hydroxylation is 2. The summed E-state index contributed by atoms with van der Waals surface area (Å²) in [6.45, 7) is 4.15. The zero-order valence-electron chi connectivity index (χ0n) is 6.39. The van der Waals surface area contributed by atoms with Gasteiger partial charge in [0.15, 0.2) is 0 Å². The fraction of sp³-hybridized carbons (Fsp3) is 0.250. The standard InChI is InChI=1S/C8H10S.Ca/c1-6-3-4-8(9)7(2)5-6;/h3-5,9H,1-2H3;. The summed E-state index contributed by atoms with van der Waals surface area (Å²) in [5, 5.41) is 0. The molecule has 10 heavy (non-hydrogen) atoms. The molecule has 2 heteroatoms. The third-order valence-electron chi connectivity index (χ3n) is 1.35. The first-order valence-electron chi connectivity index (χ1n) is 2.96. The molecule has 0 unspecified atom stereocenters. The first-order chi connectivity index (χ1) is 4.20. The number of hydrogen-bond acceptors (Lipinski definition) is 1. The topological polar surface area (TPSA) is 0 Å². The summed E-state index contributed by atoms with van der Waals surface area (Å²) < 4.78 is 0. The van der Waals surface area contributed by atoms with E-state index in [1.165, 1.54) is 11.1 Å². The third-order valence-corrected chi connectivity index (χ3v) is 1.85. The predicted molar refractivity (Wildman–Crippen MR) is 48.9 cm³/mol. The number of rotatable bonds is 0. The second kappa shape index (κ2) is 4.66. The molecule has 0 heterocycles. The Bertz CT molecular complexity index is 220. The van der Waals surface area contributed by atoms with Crippen LogP contribution in [-0.4, -0.2) is 37.7 Å². The second-order valence-electron chi connectivity index (χ2n) is 2.29. The van der Waals surface area contributed by atoms with Gasteiger partial charge >= 0.3 is 0 Å². The maximum absolute atomic E-state index is 4.25. The van der Waals surface area contributed by atoms with E-state index in [2.05, 4.69) is 38.6 Å². The van der Waals surface area contributed by atoms with Gasteiger partial charge in [-0.25, -0.2) is 0 Å². The molecule has 0 spiro atoms. The number of thiol groups is 1. The minimum atomic E-state index is 0. The van der Waals surface area contributed by atoms with E-state index in [4.69, 9.17) is 0 Å². The first-order valence-corrected chi connectivity index (χ1v) is 3.41. The van der Waals surface area contributed by atoms with Gasteiger partial charge in [-0.15, -0.1) is 12.6 Å². The van der Waals surface area contributed by atoms with Crippen molar-refractivity contribution < 1.29 is 0 Å². The SMILES string of the molecule is Cc1ccc(S)c(C)c1.[Ca]. The molecule has 0 saturated heterocycles. The predicted octanol–water partition coefficient (Wildman–Crippen LogP) is 2.21. The molecule has 1 rings (SSSR count). The average Bonchev–Trinajstić information content (AvgIpc) is 1.80. The van der Waals surface area contributed by atoms with Crippen molar-refractivity contribution in [2.75, 3.05) is 0 Å². The third kappa shape index (κ3) is 2.83.